The van der Waals surface area contributed by atoms with Gasteiger partial charge in [-0.3, -0.25) is 4.68 Å². The second kappa shape index (κ2) is 42.1. The fraction of sp³-hybridized carbons (Fsp3) is 0.690. The van der Waals surface area contributed by atoms with Gasteiger partial charge in [-0.1, -0.05) is 114 Å². The van der Waals surface area contributed by atoms with Crippen LogP contribution in [0.1, 0.15) is 456 Å². The lowest BCUT2D eigenvalue weighted by Crippen LogP contribution is -2.06. The second-order valence-electron chi connectivity index (χ2n) is 35.8. The van der Waals surface area contributed by atoms with Crippen molar-refractivity contribution in [2.75, 3.05) is 0 Å². The van der Waals surface area contributed by atoms with Crippen molar-refractivity contribution in [3.8, 4) is 0 Å². The van der Waals surface area contributed by atoms with E-state index >= 15 is 0 Å². The van der Waals surface area contributed by atoms with Crippen LogP contribution in [0, 0.1) is 0 Å². The highest BCUT2D eigenvalue weighted by Gasteiger charge is 2.34. The molecule has 9 saturated carbocycles. The van der Waals surface area contributed by atoms with Gasteiger partial charge in [0.25, 0.3) is 0 Å². The van der Waals surface area contributed by atoms with Crippen LogP contribution in [0.25, 0.3) is 0 Å². The summed E-state index contributed by atoms with van der Waals surface area (Å²) < 4.78 is 31.9. The van der Waals surface area contributed by atoms with Crippen molar-refractivity contribution in [2.45, 2.75) is 387 Å². The molecule has 628 valence electrons. The van der Waals surface area contributed by atoms with Gasteiger partial charge < -0.3 is 36.4 Å². The van der Waals surface area contributed by atoms with E-state index in [1.807, 2.05) is 88.9 Å². The zero-order valence-electron chi connectivity index (χ0n) is 73.3. The third-order valence-electron chi connectivity index (χ3n) is 21.3. The van der Waals surface area contributed by atoms with Crippen LogP contribution in [0.3, 0.4) is 0 Å². The Hall–Kier alpha value is -9.11. The van der Waals surface area contributed by atoms with E-state index < -0.39 is 0 Å². The lowest BCUT2D eigenvalue weighted by Gasteiger charge is -2.10. The Morgan fingerprint density at radius 2 is 0.774 bits per heavy atom. The molecule has 0 bridgehead atoms. The molecule has 0 amide bonds. The molecule has 28 heteroatoms. The molecule has 0 aliphatic heterocycles. The van der Waals surface area contributed by atoms with Gasteiger partial charge in [-0.05, 0) is 220 Å². The summed E-state index contributed by atoms with van der Waals surface area (Å²) >= 11 is 0. The minimum Gasteiger partial charge on any atom is -0.364 e. The van der Waals surface area contributed by atoms with Crippen molar-refractivity contribution in [1.29, 1.82) is 0 Å². The highest BCUT2D eigenvalue weighted by atomic mass is 16.5. The highest BCUT2D eigenvalue weighted by molar-refractivity contribution is 5.28. The van der Waals surface area contributed by atoms with Gasteiger partial charge >= 0.3 is 0 Å². The van der Waals surface area contributed by atoms with Crippen molar-refractivity contribution in [2.24, 2.45) is 0 Å². The van der Waals surface area contributed by atoms with Crippen LogP contribution in [0.15, 0.2) is 107 Å². The molecular weight excluding hydrogens is 1440 g/mol. The Morgan fingerprint density at radius 1 is 0.339 bits per heavy atom. The number of aromatic nitrogens is 25. The van der Waals surface area contributed by atoms with Gasteiger partial charge in [0, 0.05) is 131 Å². The van der Waals surface area contributed by atoms with Crippen molar-refractivity contribution in [3.05, 3.63) is 162 Å². The van der Waals surface area contributed by atoms with Crippen LogP contribution in [-0.4, -0.2) is 124 Å². The van der Waals surface area contributed by atoms with Gasteiger partial charge in [0.2, 0.25) is 0 Å². The fourth-order valence-corrected chi connectivity index (χ4v) is 13.3. The van der Waals surface area contributed by atoms with Gasteiger partial charge in [0.1, 0.15) is 55.2 Å². The molecule has 28 nitrogen and oxygen atoms in total. The zero-order chi connectivity index (χ0) is 82.6. The number of hydrogen-bond acceptors (Lipinski definition) is 20. The summed E-state index contributed by atoms with van der Waals surface area (Å²) in [6.45, 7) is 47.2. The molecule has 0 saturated heterocycles. The minimum atomic E-state index is 0.428. The summed E-state index contributed by atoms with van der Waals surface area (Å²) in [6.07, 6.45) is 51.7. The Labute approximate surface area is 683 Å². The van der Waals surface area contributed by atoms with E-state index in [1.54, 1.807) is 23.5 Å². The van der Waals surface area contributed by atoms with Crippen molar-refractivity contribution >= 4 is 0 Å². The predicted molar refractivity (Wildman–Crippen MR) is 447 cm³/mol. The first-order valence-electron chi connectivity index (χ1n) is 43.3. The summed E-state index contributed by atoms with van der Waals surface area (Å²) in [6, 6.07) is 4.57. The van der Waals surface area contributed by atoms with Crippen LogP contribution in [0.4, 0.5) is 0 Å². The first kappa shape index (κ1) is 88.3. The molecular formula is C87H137N25O3. The first-order valence-corrected chi connectivity index (χ1v) is 43.3. The predicted octanol–water partition coefficient (Wildman–Crippen LogP) is 21.4. The molecule has 0 atom stereocenters. The lowest BCUT2D eigenvalue weighted by molar-refractivity contribution is 0.369. The maximum Gasteiger partial charge on any atom is 0.142 e. The quantitative estimate of drug-likeness (QED) is 0.0684. The van der Waals surface area contributed by atoms with Crippen LogP contribution in [-0.2, 0) is 0 Å². The first-order chi connectivity index (χ1) is 55.2. The van der Waals surface area contributed by atoms with E-state index in [9.17, 15) is 0 Å². The third-order valence-corrected chi connectivity index (χ3v) is 21.3. The van der Waals surface area contributed by atoms with Crippen LogP contribution >= 0.6 is 0 Å². The Bertz CT molecular complexity index is 3510. The maximum absolute atomic E-state index is 5.18. The van der Waals surface area contributed by atoms with E-state index in [0.29, 0.717) is 77.8 Å². The molecule has 11 heterocycles. The Balaban J connectivity index is 0.000000134. The lowest BCUT2D eigenvalue weighted by atomic mass is 10.0. The summed E-state index contributed by atoms with van der Waals surface area (Å²) in [4.78, 5) is 8.34. The Kier molecular flexibility index (Phi) is 32.3. The highest BCUT2D eigenvalue weighted by Crippen LogP contribution is 2.47. The molecule has 0 N–H and O–H groups in total. The standard InChI is InChI=1S/2C9H14N2.3C9H13NO.4C8H13N3.2C5H9N3/c1-7(2)11-6-10-5-9(11)8-3-4-8;1-7(2)9-5-10-6-11(9)8-3-4-8;2*1-6(2)9-8(5-11-10-9)7-3-4-7;1-6(2)9-8(5-10-11-9)7-3-4-7;2*1-6(2)8-10-9-5-11(8)7-3-4-7;2*1-6(2)11-8(5-9-10-11)7-3-4-7;1-5(2)8-3-6-7-4-8;1-5(2)8-4-3-6-7-8/h2*5-8H,3-4H2,1-2H3;7*5-7H,3-4H2,1-2H3;2*3-5H,1-2H3. The van der Waals surface area contributed by atoms with Gasteiger partial charge in [-0.25, -0.2) is 19.3 Å². The van der Waals surface area contributed by atoms with Crippen LogP contribution < -0.4 is 0 Å². The molecule has 9 fully saturated rings. The zero-order valence-corrected chi connectivity index (χ0v) is 73.3. The van der Waals surface area contributed by atoms with E-state index in [-0.39, 0.29) is 0 Å². The SMILES string of the molecule is CC(C)c1cncn1C1CC1.CC(C)c1nncn1C1CC1.CC(C)c1nncn1C1CC1.CC(C)c1nocc1C1CC1.CC(C)c1nocc1C1CC1.CC(C)c1oncc1C1CC1.CC(C)n1ccnn1.CC(C)n1cncc1C1CC1.CC(C)n1cnnc1.CC(C)n1nncc1C1CC1.CC(C)n1nncc1C1CC1. The van der Waals surface area contributed by atoms with Gasteiger partial charge in [0.05, 0.1) is 60.2 Å². The number of hydrogen-bond donors (Lipinski definition) is 0. The molecule has 20 rings (SSSR count). The minimum absolute atomic E-state index is 0.428. The molecule has 11 aromatic heterocycles. The number of imidazole rings is 2. The van der Waals surface area contributed by atoms with Crippen molar-refractivity contribution in [3.63, 3.8) is 0 Å². The molecule has 0 spiro atoms. The monoisotopic (exact) mass is 1580 g/mol. The molecule has 9 aliphatic carbocycles. The van der Waals surface area contributed by atoms with Gasteiger partial charge in [0.15, 0.2) is 0 Å². The molecule has 0 unspecified atom stereocenters. The van der Waals surface area contributed by atoms with E-state index in [4.69, 9.17) is 13.6 Å². The fourth-order valence-electron chi connectivity index (χ4n) is 13.3. The topological polar surface area (TPSA) is 298 Å². The van der Waals surface area contributed by atoms with Gasteiger partial charge in [-0.2, -0.15) is 0 Å². The van der Waals surface area contributed by atoms with Gasteiger partial charge in [-0.15, -0.1) is 45.9 Å². The molecule has 0 aromatic carbocycles. The molecule has 115 heavy (non-hydrogen) atoms. The molecule has 0 radical (unpaired) electrons. The Morgan fingerprint density at radius 3 is 1.12 bits per heavy atom. The van der Waals surface area contributed by atoms with Crippen molar-refractivity contribution in [1.82, 2.24) is 124 Å². The average Bonchev–Trinajstić information content (AvgIpc) is 1.73. The average molecular weight is 1580 g/mol. The largest absolute Gasteiger partial charge is 0.364 e. The normalized spacial score (nSPS) is 16.7. The van der Waals surface area contributed by atoms with E-state index in [2.05, 4.69) is 258 Å². The number of nitrogens with zero attached hydrogens (tertiary/aromatic N) is 25. The maximum atomic E-state index is 5.18. The van der Waals surface area contributed by atoms with Crippen molar-refractivity contribution < 1.29 is 13.6 Å². The summed E-state index contributed by atoms with van der Waals surface area (Å²) in [5, 5.41) is 58.5. The smallest absolute Gasteiger partial charge is 0.142 e. The van der Waals surface area contributed by atoms with E-state index in [1.165, 1.54) is 155 Å². The summed E-state index contributed by atoms with van der Waals surface area (Å²) in [7, 11) is 0. The third kappa shape index (κ3) is 27.2. The number of rotatable bonds is 20. The second-order valence-corrected chi connectivity index (χ2v) is 35.8. The summed E-state index contributed by atoms with van der Waals surface area (Å²) in [5.74, 6) is 11.1. The van der Waals surface area contributed by atoms with E-state index in [0.717, 1.165) is 70.3 Å². The molecule has 11 aromatic rings. The molecule has 9 aliphatic rings. The van der Waals surface area contributed by atoms with Crippen LogP contribution in [0.5, 0.6) is 0 Å². The summed E-state index contributed by atoms with van der Waals surface area (Å²) in [5.41, 5.74) is 11.8. The van der Waals surface area contributed by atoms with Crippen LogP contribution in [0.2, 0.25) is 0 Å².